The van der Waals surface area contributed by atoms with Gasteiger partial charge in [0.25, 0.3) is 0 Å². The maximum absolute atomic E-state index is 5.25. The lowest BCUT2D eigenvalue weighted by molar-refractivity contribution is 0.632. The second-order valence-electron chi connectivity index (χ2n) is 3.42. The van der Waals surface area contributed by atoms with Crippen molar-refractivity contribution in [1.82, 2.24) is 9.97 Å². The average molecular weight is 212 g/mol. The molecule has 78 valence electrons. The fraction of sp³-hybridized carbons (Fsp3) is 0.556. The maximum Gasteiger partial charge on any atom is 0.144 e. The van der Waals surface area contributed by atoms with Crippen LogP contribution in [-0.4, -0.2) is 15.7 Å². The van der Waals surface area contributed by atoms with E-state index in [1.165, 1.54) is 12.7 Å². The summed E-state index contributed by atoms with van der Waals surface area (Å²) in [5, 5.41) is 0.966. The van der Waals surface area contributed by atoms with E-state index in [0.717, 1.165) is 16.7 Å². The molecule has 0 saturated carbocycles. The molecule has 0 atom stereocenters. The molecule has 5 heteroatoms. The summed E-state index contributed by atoms with van der Waals surface area (Å²) in [5.41, 5.74) is 2.50. The SMILES string of the molecule is CC(C)CCSc1cc(NN)ncn1. The molecule has 0 radical (unpaired) electrons. The van der Waals surface area contributed by atoms with Gasteiger partial charge in [0.05, 0.1) is 0 Å². The standard InChI is InChI=1S/C9H16N4S/c1-7(2)3-4-14-9-5-8(13-10)11-6-12-9/h5-7H,3-4,10H2,1-2H3,(H,11,12,13). The highest BCUT2D eigenvalue weighted by molar-refractivity contribution is 7.99. The van der Waals surface area contributed by atoms with Crippen molar-refractivity contribution < 1.29 is 0 Å². The largest absolute Gasteiger partial charge is 0.308 e. The quantitative estimate of drug-likeness (QED) is 0.338. The van der Waals surface area contributed by atoms with E-state index >= 15 is 0 Å². The van der Waals surface area contributed by atoms with E-state index in [2.05, 4.69) is 29.2 Å². The summed E-state index contributed by atoms with van der Waals surface area (Å²) in [6.07, 6.45) is 2.72. The van der Waals surface area contributed by atoms with Crippen molar-refractivity contribution in [3.8, 4) is 0 Å². The van der Waals surface area contributed by atoms with Crippen molar-refractivity contribution in [3.05, 3.63) is 12.4 Å². The average Bonchev–Trinajstić information content (AvgIpc) is 2.18. The number of hydrogen-bond acceptors (Lipinski definition) is 5. The first-order valence-corrected chi connectivity index (χ1v) is 5.62. The van der Waals surface area contributed by atoms with E-state index in [0.29, 0.717) is 5.82 Å². The van der Waals surface area contributed by atoms with Gasteiger partial charge in [-0.3, -0.25) is 0 Å². The van der Waals surface area contributed by atoms with Crippen LogP contribution in [0.15, 0.2) is 17.4 Å². The second kappa shape index (κ2) is 5.82. The van der Waals surface area contributed by atoms with Crippen LogP contribution in [0.1, 0.15) is 20.3 Å². The Balaban J connectivity index is 2.42. The third-order valence-corrected chi connectivity index (χ3v) is 2.69. The highest BCUT2D eigenvalue weighted by Gasteiger charge is 1.99. The third kappa shape index (κ3) is 3.93. The monoisotopic (exact) mass is 212 g/mol. The van der Waals surface area contributed by atoms with Crippen LogP contribution in [0.25, 0.3) is 0 Å². The Morgan fingerprint density at radius 2 is 2.29 bits per heavy atom. The fourth-order valence-corrected chi connectivity index (χ4v) is 2.01. The molecule has 0 amide bonds. The topological polar surface area (TPSA) is 63.8 Å². The lowest BCUT2D eigenvalue weighted by Crippen LogP contribution is -2.08. The molecule has 14 heavy (non-hydrogen) atoms. The predicted molar refractivity (Wildman–Crippen MR) is 60.0 cm³/mol. The minimum Gasteiger partial charge on any atom is -0.308 e. The van der Waals surface area contributed by atoms with Crippen molar-refractivity contribution in [2.75, 3.05) is 11.2 Å². The molecule has 3 N–H and O–H groups in total. The Morgan fingerprint density at radius 1 is 1.50 bits per heavy atom. The van der Waals surface area contributed by atoms with Crippen molar-refractivity contribution in [2.45, 2.75) is 25.3 Å². The number of nitrogens with two attached hydrogens (primary N) is 1. The summed E-state index contributed by atoms with van der Waals surface area (Å²) in [4.78, 5) is 8.08. The highest BCUT2D eigenvalue weighted by atomic mass is 32.2. The van der Waals surface area contributed by atoms with Gasteiger partial charge in [0.1, 0.15) is 17.2 Å². The molecule has 1 heterocycles. The molecule has 0 fully saturated rings. The summed E-state index contributed by atoms with van der Waals surface area (Å²) in [6.45, 7) is 4.43. The molecule has 1 aromatic heterocycles. The van der Waals surface area contributed by atoms with Gasteiger partial charge in [0.2, 0.25) is 0 Å². The van der Waals surface area contributed by atoms with E-state index in [9.17, 15) is 0 Å². The van der Waals surface area contributed by atoms with E-state index in [1.807, 2.05) is 6.07 Å². The third-order valence-electron chi connectivity index (χ3n) is 1.74. The van der Waals surface area contributed by atoms with E-state index < -0.39 is 0 Å². The van der Waals surface area contributed by atoms with E-state index in [-0.39, 0.29) is 0 Å². The molecule has 0 spiro atoms. The van der Waals surface area contributed by atoms with Gasteiger partial charge in [-0.25, -0.2) is 15.8 Å². The minimum absolute atomic E-state index is 0.659. The number of anilines is 1. The van der Waals surface area contributed by atoms with Gasteiger partial charge >= 0.3 is 0 Å². The molecule has 0 bridgehead atoms. The first-order chi connectivity index (χ1) is 6.72. The zero-order valence-corrected chi connectivity index (χ0v) is 9.34. The first-order valence-electron chi connectivity index (χ1n) is 4.64. The summed E-state index contributed by atoms with van der Waals surface area (Å²) in [5.74, 6) is 7.72. The number of nitrogens with one attached hydrogen (secondary N) is 1. The van der Waals surface area contributed by atoms with Crippen LogP contribution in [0.5, 0.6) is 0 Å². The Morgan fingerprint density at radius 3 is 2.93 bits per heavy atom. The van der Waals surface area contributed by atoms with Crippen molar-refractivity contribution in [1.29, 1.82) is 0 Å². The highest BCUT2D eigenvalue weighted by Crippen LogP contribution is 2.19. The summed E-state index contributed by atoms with van der Waals surface area (Å²) in [6, 6.07) is 1.85. The molecule has 1 aromatic rings. The Kier molecular flexibility index (Phi) is 4.69. The number of hydrazine groups is 1. The fourth-order valence-electron chi connectivity index (χ4n) is 0.897. The Hall–Kier alpha value is -0.810. The van der Waals surface area contributed by atoms with Crippen molar-refractivity contribution >= 4 is 17.6 Å². The zero-order valence-electron chi connectivity index (χ0n) is 8.53. The normalized spacial score (nSPS) is 10.6. The lowest BCUT2D eigenvalue weighted by Gasteiger charge is -2.04. The molecule has 1 rings (SSSR count). The van der Waals surface area contributed by atoms with Crippen molar-refractivity contribution in [2.24, 2.45) is 11.8 Å². The second-order valence-corrected chi connectivity index (χ2v) is 4.53. The first kappa shape index (κ1) is 11.3. The van der Waals surface area contributed by atoms with Crippen molar-refractivity contribution in [3.63, 3.8) is 0 Å². The molecule has 0 aliphatic rings. The Labute approximate surface area is 88.7 Å². The number of aromatic nitrogens is 2. The van der Waals surface area contributed by atoms with Crippen LogP contribution in [0.3, 0.4) is 0 Å². The van der Waals surface area contributed by atoms with Gasteiger partial charge in [-0.1, -0.05) is 13.8 Å². The summed E-state index contributed by atoms with van der Waals surface area (Å²) < 4.78 is 0. The molecule has 0 aliphatic heterocycles. The number of nitrogens with zero attached hydrogens (tertiary/aromatic N) is 2. The summed E-state index contributed by atoms with van der Waals surface area (Å²) >= 11 is 1.73. The molecule has 0 aliphatic carbocycles. The van der Waals surface area contributed by atoms with Gasteiger partial charge in [0.15, 0.2) is 0 Å². The molecule has 0 aromatic carbocycles. The van der Waals surface area contributed by atoms with Crippen LogP contribution >= 0.6 is 11.8 Å². The number of thioether (sulfide) groups is 1. The predicted octanol–water partition coefficient (Wildman–Crippen LogP) is 1.90. The van der Waals surface area contributed by atoms with Crippen LogP contribution < -0.4 is 11.3 Å². The van der Waals surface area contributed by atoms with E-state index in [4.69, 9.17) is 5.84 Å². The Bertz CT molecular complexity index is 277. The van der Waals surface area contributed by atoms with Gasteiger partial charge < -0.3 is 5.43 Å². The zero-order chi connectivity index (χ0) is 10.4. The molecule has 0 saturated heterocycles. The minimum atomic E-state index is 0.659. The van der Waals surface area contributed by atoms with Gasteiger partial charge in [-0.05, 0) is 18.1 Å². The molecule has 4 nitrogen and oxygen atoms in total. The molecule has 0 unspecified atom stereocenters. The van der Waals surface area contributed by atoms with Crippen LogP contribution in [0.4, 0.5) is 5.82 Å². The van der Waals surface area contributed by atoms with Gasteiger partial charge in [0, 0.05) is 6.07 Å². The lowest BCUT2D eigenvalue weighted by atomic mass is 10.2. The van der Waals surface area contributed by atoms with Crippen LogP contribution in [0.2, 0.25) is 0 Å². The number of rotatable bonds is 5. The van der Waals surface area contributed by atoms with Crippen LogP contribution in [0, 0.1) is 5.92 Å². The van der Waals surface area contributed by atoms with E-state index in [1.54, 1.807) is 11.8 Å². The molecular formula is C9H16N4S. The van der Waals surface area contributed by atoms with Crippen LogP contribution in [-0.2, 0) is 0 Å². The number of nitrogen functional groups attached to an aromatic ring is 1. The molecular weight excluding hydrogens is 196 g/mol. The maximum atomic E-state index is 5.25. The summed E-state index contributed by atoms with van der Waals surface area (Å²) in [7, 11) is 0. The van der Waals surface area contributed by atoms with Gasteiger partial charge in [-0.2, -0.15) is 0 Å². The number of hydrogen-bond donors (Lipinski definition) is 2. The van der Waals surface area contributed by atoms with Gasteiger partial charge in [-0.15, -0.1) is 11.8 Å². The smallest absolute Gasteiger partial charge is 0.144 e.